The first-order valence-corrected chi connectivity index (χ1v) is 7.08. The van der Waals surface area contributed by atoms with Gasteiger partial charge in [-0.15, -0.1) is 5.10 Å². The predicted octanol–water partition coefficient (Wildman–Crippen LogP) is 2.25. The quantitative estimate of drug-likeness (QED) is 0.819. The Morgan fingerprint density at radius 2 is 2.00 bits per heavy atom. The average molecular weight is 301 g/mol. The molecule has 0 radical (unpaired) electrons. The van der Waals surface area contributed by atoms with Crippen LogP contribution in [0.4, 0.5) is 17.5 Å². The van der Waals surface area contributed by atoms with Gasteiger partial charge >= 0.3 is 5.97 Å². The molecule has 2 aromatic rings. The molecule has 1 aromatic carbocycles. The minimum Gasteiger partial charge on any atom is -0.465 e. The van der Waals surface area contributed by atoms with Gasteiger partial charge in [0.1, 0.15) is 0 Å². The highest BCUT2D eigenvalue weighted by atomic mass is 16.5. The summed E-state index contributed by atoms with van der Waals surface area (Å²) in [5.41, 5.74) is 0.995. The molecule has 1 aromatic heterocycles. The normalized spacial score (nSPS) is 10.1. The van der Waals surface area contributed by atoms with E-state index < -0.39 is 5.97 Å². The number of para-hydroxylation sites is 1. The maximum absolute atomic E-state index is 11.8. The lowest BCUT2D eigenvalue weighted by Crippen LogP contribution is -2.23. The van der Waals surface area contributed by atoms with Gasteiger partial charge in [-0.2, -0.15) is 10.1 Å². The Morgan fingerprint density at radius 1 is 1.27 bits per heavy atom. The Balaban J connectivity index is 2.28. The smallest absolute Gasteiger partial charge is 0.339 e. The minimum absolute atomic E-state index is 0.334. The van der Waals surface area contributed by atoms with Crippen LogP contribution in [0.5, 0.6) is 0 Å². The molecule has 0 unspecified atom stereocenters. The molecule has 0 bridgehead atoms. The Kier molecular flexibility index (Phi) is 5.24. The maximum atomic E-state index is 11.8. The van der Waals surface area contributed by atoms with E-state index in [1.807, 2.05) is 19.9 Å². The number of carbonyl (C=O) groups is 1. The van der Waals surface area contributed by atoms with Crippen molar-refractivity contribution in [2.75, 3.05) is 30.4 Å². The zero-order valence-electron chi connectivity index (χ0n) is 12.9. The van der Waals surface area contributed by atoms with E-state index in [0.29, 0.717) is 17.2 Å². The molecule has 1 heterocycles. The number of benzene rings is 1. The van der Waals surface area contributed by atoms with Crippen LogP contribution in [0.2, 0.25) is 0 Å². The number of hydrogen-bond donors (Lipinski definition) is 1. The fourth-order valence-corrected chi connectivity index (χ4v) is 2.05. The van der Waals surface area contributed by atoms with Crippen LogP contribution in [0.3, 0.4) is 0 Å². The van der Waals surface area contributed by atoms with Crippen molar-refractivity contribution in [3.05, 3.63) is 36.0 Å². The average Bonchev–Trinajstić information content (AvgIpc) is 2.56. The molecule has 0 fully saturated rings. The third-order valence-corrected chi connectivity index (χ3v) is 3.21. The topological polar surface area (TPSA) is 80.2 Å². The molecule has 22 heavy (non-hydrogen) atoms. The molecule has 1 N–H and O–H groups in total. The molecule has 0 saturated carbocycles. The summed E-state index contributed by atoms with van der Waals surface area (Å²) < 4.78 is 4.77. The number of hydrogen-bond acceptors (Lipinski definition) is 7. The Bertz CT molecular complexity index is 643. The Hall–Kier alpha value is -2.70. The van der Waals surface area contributed by atoms with Crippen molar-refractivity contribution in [3.8, 4) is 0 Å². The van der Waals surface area contributed by atoms with Crippen molar-refractivity contribution < 1.29 is 9.53 Å². The van der Waals surface area contributed by atoms with Gasteiger partial charge in [0.15, 0.2) is 5.82 Å². The van der Waals surface area contributed by atoms with Crippen molar-refractivity contribution in [2.45, 2.75) is 13.8 Å². The zero-order valence-corrected chi connectivity index (χ0v) is 12.9. The number of ether oxygens (including phenoxy) is 1. The molecule has 7 heteroatoms. The molecule has 0 aliphatic heterocycles. The summed E-state index contributed by atoms with van der Waals surface area (Å²) in [6.45, 7) is 5.75. The SMILES string of the molecule is CCN(CC)c1cnnc(Nc2ccccc2C(=O)OC)n1. The van der Waals surface area contributed by atoms with Gasteiger partial charge in [-0.05, 0) is 26.0 Å². The molecule has 7 nitrogen and oxygen atoms in total. The van der Waals surface area contributed by atoms with Gasteiger partial charge in [0.25, 0.3) is 0 Å². The summed E-state index contributed by atoms with van der Waals surface area (Å²) in [6, 6.07) is 7.02. The highest BCUT2D eigenvalue weighted by Crippen LogP contribution is 2.20. The molecule has 0 saturated heterocycles. The third kappa shape index (κ3) is 3.49. The number of anilines is 3. The van der Waals surface area contributed by atoms with Gasteiger partial charge in [-0.25, -0.2) is 4.79 Å². The number of aromatic nitrogens is 3. The lowest BCUT2D eigenvalue weighted by molar-refractivity contribution is 0.0602. The van der Waals surface area contributed by atoms with E-state index in [2.05, 4.69) is 25.4 Å². The molecule has 0 aliphatic carbocycles. The summed E-state index contributed by atoms with van der Waals surface area (Å²) in [4.78, 5) is 18.3. The van der Waals surface area contributed by atoms with E-state index in [0.717, 1.165) is 18.9 Å². The van der Waals surface area contributed by atoms with E-state index in [-0.39, 0.29) is 0 Å². The van der Waals surface area contributed by atoms with Crippen LogP contribution in [0.1, 0.15) is 24.2 Å². The highest BCUT2D eigenvalue weighted by Gasteiger charge is 2.13. The van der Waals surface area contributed by atoms with Crippen LogP contribution in [-0.4, -0.2) is 41.3 Å². The number of nitrogens with one attached hydrogen (secondary N) is 1. The summed E-state index contributed by atoms with van der Waals surface area (Å²) in [5.74, 6) is 0.648. The van der Waals surface area contributed by atoms with Crippen LogP contribution in [0.25, 0.3) is 0 Å². The van der Waals surface area contributed by atoms with Crippen LogP contribution >= 0.6 is 0 Å². The molecule has 0 atom stereocenters. The van der Waals surface area contributed by atoms with Crippen LogP contribution in [0.15, 0.2) is 30.5 Å². The van der Waals surface area contributed by atoms with E-state index in [9.17, 15) is 4.79 Å². The number of rotatable bonds is 6. The highest BCUT2D eigenvalue weighted by molar-refractivity contribution is 5.96. The Labute approximate surface area is 129 Å². The summed E-state index contributed by atoms with van der Waals surface area (Å²) in [6.07, 6.45) is 1.62. The first kappa shape index (κ1) is 15.7. The lowest BCUT2D eigenvalue weighted by Gasteiger charge is -2.19. The van der Waals surface area contributed by atoms with Crippen molar-refractivity contribution in [1.82, 2.24) is 15.2 Å². The first-order chi connectivity index (χ1) is 10.7. The summed E-state index contributed by atoms with van der Waals surface area (Å²) in [7, 11) is 1.35. The maximum Gasteiger partial charge on any atom is 0.339 e. The Morgan fingerprint density at radius 3 is 2.68 bits per heavy atom. The lowest BCUT2D eigenvalue weighted by atomic mass is 10.2. The second kappa shape index (κ2) is 7.35. The van der Waals surface area contributed by atoms with Crippen molar-refractivity contribution in [1.29, 1.82) is 0 Å². The number of esters is 1. The predicted molar refractivity (Wildman–Crippen MR) is 84.5 cm³/mol. The summed E-state index contributed by atoms with van der Waals surface area (Å²) >= 11 is 0. The summed E-state index contributed by atoms with van der Waals surface area (Å²) in [5, 5.41) is 10.9. The second-order valence-electron chi connectivity index (χ2n) is 4.47. The molecule has 0 aliphatic rings. The second-order valence-corrected chi connectivity index (χ2v) is 4.47. The molecule has 0 spiro atoms. The first-order valence-electron chi connectivity index (χ1n) is 7.08. The fourth-order valence-electron chi connectivity index (χ4n) is 2.05. The fraction of sp³-hybridized carbons (Fsp3) is 0.333. The monoisotopic (exact) mass is 301 g/mol. The van der Waals surface area contributed by atoms with Crippen LogP contribution in [-0.2, 0) is 4.74 Å². The van der Waals surface area contributed by atoms with Gasteiger partial charge in [-0.3, -0.25) is 0 Å². The van der Waals surface area contributed by atoms with Crippen molar-refractivity contribution >= 4 is 23.4 Å². The van der Waals surface area contributed by atoms with Gasteiger partial charge in [0, 0.05) is 13.1 Å². The van der Waals surface area contributed by atoms with Crippen molar-refractivity contribution in [3.63, 3.8) is 0 Å². The molecule has 0 amide bonds. The standard InChI is InChI=1S/C15H19N5O2/c1-4-20(5-2)13-10-16-19-15(18-13)17-12-9-7-6-8-11(12)14(21)22-3/h6-10H,4-5H2,1-3H3,(H,17,18,19). The van der Waals surface area contributed by atoms with E-state index in [4.69, 9.17) is 4.74 Å². The molecular weight excluding hydrogens is 282 g/mol. The third-order valence-electron chi connectivity index (χ3n) is 3.21. The van der Waals surface area contributed by atoms with Crippen LogP contribution in [0, 0.1) is 0 Å². The largest absolute Gasteiger partial charge is 0.465 e. The molecule has 2 rings (SSSR count). The van der Waals surface area contributed by atoms with E-state index in [1.165, 1.54) is 7.11 Å². The van der Waals surface area contributed by atoms with Gasteiger partial charge < -0.3 is 15.0 Å². The zero-order chi connectivity index (χ0) is 15.9. The van der Waals surface area contributed by atoms with E-state index >= 15 is 0 Å². The number of carbonyl (C=O) groups excluding carboxylic acids is 1. The van der Waals surface area contributed by atoms with Gasteiger partial charge in [-0.1, -0.05) is 12.1 Å². The minimum atomic E-state index is -0.420. The number of nitrogens with zero attached hydrogens (tertiary/aromatic N) is 4. The molecule has 116 valence electrons. The van der Waals surface area contributed by atoms with Crippen molar-refractivity contribution in [2.24, 2.45) is 0 Å². The van der Waals surface area contributed by atoms with Crippen LogP contribution < -0.4 is 10.2 Å². The van der Waals surface area contributed by atoms with Gasteiger partial charge in [0.05, 0.1) is 24.6 Å². The number of methoxy groups -OCH3 is 1. The molecular formula is C15H19N5O2. The van der Waals surface area contributed by atoms with E-state index in [1.54, 1.807) is 24.4 Å². The van der Waals surface area contributed by atoms with Gasteiger partial charge in [0.2, 0.25) is 5.95 Å².